The molecule has 5 rings (SSSR count). The van der Waals surface area contributed by atoms with Crippen molar-refractivity contribution in [3.05, 3.63) is 67.3 Å². The van der Waals surface area contributed by atoms with E-state index in [0.717, 1.165) is 32.2 Å². The van der Waals surface area contributed by atoms with Crippen LogP contribution >= 0.6 is 11.3 Å². The molecule has 0 saturated carbocycles. The molecule has 108 valence electrons. The summed E-state index contributed by atoms with van der Waals surface area (Å²) in [5.74, 6) is 0. The first-order chi connectivity index (χ1) is 11.4. The zero-order chi connectivity index (χ0) is 15.2. The van der Waals surface area contributed by atoms with Crippen molar-refractivity contribution in [2.45, 2.75) is 0 Å². The van der Waals surface area contributed by atoms with E-state index in [9.17, 15) is 0 Å². The van der Waals surface area contributed by atoms with Gasteiger partial charge in [0.1, 0.15) is 6.33 Å². The van der Waals surface area contributed by atoms with Gasteiger partial charge >= 0.3 is 0 Å². The standard InChI is InChI=1S/C19H11N3S/c1-2-5-13-9-21-15(8-12(13)4-1)14-6-3-7-16-18(14)19-17(23-16)10-20-11-22-19/h1-11H. The zero-order valence-electron chi connectivity index (χ0n) is 12.1. The van der Waals surface area contributed by atoms with E-state index in [0.29, 0.717) is 0 Å². The fraction of sp³-hybridized carbons (Fsp3) is 0. The van der Waals surface area contributed by atoms with Crippen molar-refractivity contribution in [2.75, 3.05) is 0 Å². The van der Waals surface area contributed by atoms with Crippen LogP contribution in [0.2, 0.25) is 0 Å². The Kier molecular flexibility index (Phi) is 2.66. The Labute approximate surface area is 136 Å². The summed E-state index contributed by atoms with van der Waals surface area (Å²) < 4.78 is 2.32. The fourth-order valence-electron chi connectivity index (χ4n) is 3.00. The van der Waals surface area contributed by atoms with Gasteiger partial charge in [-0.3, -0.25) is 4.98 Å². The lowest BCUT2D eigenvalue weighted by Gasteiger charge is -2.05. The third kappa shape index (κ3) is 1.92. The van der Waals surface area contributed by atoms with Gasteiger partial charge in [0.15, 0.2) is 0 Å². The maximum atomic E-state index is 4.67. The third-order valence-corrected chi connectivity index (χ3v) is 5.15. The van der Waals surface area contributed by atoms with Gasteiger partial charge in [-0.25, -0.2) is 9.97 Å². The summed E-state index contributed by atoms with van der Waals surface area (Å²) in [6.45, 7) is 0. The van der Waals surface area contributed by atoms with Crippen molar-refractivity contribution >= 4 is 42.4 Å². The van der Waals surface area contributed by atoms with Crippen LogP contribution < -0.4 is 0 Å². The summed E-state index contributed by atoms with van der Waals surface area (Å²) in [4.78, 5) is 13.3. The van der Waals surface area contributed by atoms with Crippen molar-refractivity contribution in [1.29, 1.82) is 0 Å². The van der Waals surface area contributed by atoms with E-state index in [1.54, 1.807) is 17.7 Å². The highest BCUT2D eigenvalue weighted by Crippen LogP contribution is 2.38. The first-order valence-electron chi connectivity index (χ1n) is 7.36. The van der Waals surface area contributed by atoms with E-state index < -0.39 is 0 Å². The van der Waals surface area contributed by atoms with Gasteiger partial charge in [-0.15, -0.1) is 11.3 Å². The van der Waals surface area contributed by atoms with Crippen molar-refractivity contribution in [3.8, 4) is 11.3 Å². The molecule has 0 amide bonds. The first kappa shape index (κ1) is 12.7. The number of hydrogen-bond donors (Lipinski definition) is 0. The number of nitrogens with zero attached hydrogens (tertiary/aromatic N) is 3. The smallest absolute Gasteiger partial charge is 0.116 e. The van der Waals surface area contributed by atoms with Crippen molar-refractivity contribution in [3.63, 3.8) is 0 Å². The molecule has 0 N–H and O–H groups in total. The Morgan fingerprint density at radius 3 is 2.65 bits per heavy atom. The summed E-state index contributed by atoms with van der Waals surface area (Å²) in [5.41, 5.74) is 3.11. The van der Waals surface area contributed by atoms with Crippen LogP contribution in [-0.4, -0.2) is 15.0 Å². The fourth-order valence-corrected chi connectivity index (χ4v) is 4.06. The molecule has 23 heavy (non-hydrogen) atoms. The average molecular weight is 313 g/mol. The van der Waals surface area contributed by atoms with Crippen molar-refractivity contribution < 1.29 is 0 Å². The van der Waals surface area contributed by atoms with Crippen LogP contribution in [0.15, 0.2) is 67.3 Å². The minimum absolute atomic E-state index is 0.979. The van der Waals surface area contributed by atoms with Gasteiger partial charge in [0.2, 0.25) is 0 Å². The molecule has 3 aromatic heterocycles. The number of aromatic nitrogens is 3. The Hall–Kier alpha value is -2.85. The maximum Gasteiger partial charge on any atom is 0.116 e. The van der Waals surface area contributed by atoms with E-state index in [4.69, 9.17) is 0 Å². The quantitative estimate of drug-likeness (QED) is 0.434. The lowest BCUT2D eigenvalue weighted by Crippen LogP contribution is -1.86. The molecular formula is C19H11N3S. The minimum atomic E-state index is 0.979. The van der Waals surface area contributed by atoms with Crippen LogP contribution in [0.5, 0.6) is 0 Å². The summed E-state index contributed by atoms with van der Waals surface area (Å²) in [6.07, 6.45) is 5.43. The molecule has 0 radical (unpaired) electrons. The second kappa shape index (κ2) is 4.83. The van der Waals surface area contributed by atoms with Crippen LogP contribution in [-0.2, 0) is 0 Å². The molecule has 0 atom stereocenters. The SMILES string of the molecule is c1ccc2cc(-c3cccc4sc5cncnc5c34)ncc2c1. The van der Waals surface area contributed by atoms with Crippen LogP contribution in [0.25, 0.3) is 42.3 Å². The molecule has 0 saturated heterocycles. The van der Waals surface area contributed by atoms with E-state index in [-0.39, 0.29) is 0 Å². The third-order valence-electron chi connectivity index (χ3n) is 4.07. The Morgan fingerprint density at radius 2 is 1.70 bits per heavy atom. The van der Waals surface area contributed by atoms with Gasteiger partial charge in [0, 0.05) is 33.4 Å². The van der Waals surface area contributed by atoms with Crippen LogP contribution in [0, 0.1) is 0 Å². The summed E-state index contributed by atoms with van der Waals surface area (Å²) in [5, 5.41) is 3.52. The molecule has 0 unspecified atom stereocenters. The van der Waals surface area contributed by atoms with Gasteiger partial charge in [-0.2, -0.15) is 0 Å². The minimum Gasteiger partial charge on any atom is -0.256 e. The highest BCUT2D eigenvalue weighted by molar-refractivity contribution is 7.25. The summed E-state index contributed by atoms with van der Waals surface area (Å²) >= 11 is 1.72. The summed E-state index contributed by atoms with van der Waals surface area (Å²) in [6, 6.07) is 16.8. The number of rotatable bonds is 1. The largest absolute Gasteiger partial charge is 0.256 e. The number of thiophene rings is 1. The van der Waals surface area contributed by atoms with E-state index in [1.165, 1.54) is 10.1 Å². The summed E-state index contributed by atoms with van der Waals surface area (Å²) in [7, 11) is 0. The predicted octanol–water partition coefficient (Wildman–Crippen LogP) is 5.06. The van der Waals surface area contributed by atoms with E-state index >= 15 is 0 Å². The molecule has 0 aliphatic rings. The molecule has 3 heterocycles. The Bertz CT molecular complexity index is 1180. The Balaban J connectivity index is 1.87. The monoisotopic (exact) mass is 313 g/mol. The molecular weight excluding hydrogens is 302 g/mol. The highest BCUT2D eigenvalue weighted by atomic mass is 32.1. The van der Waals surface area contributed by atoms with Crippen LogP contribution in [0.4, 0.5) is 0 Å². The van der Waals surface area contributed by atoms with Gasteiger partial charge in [0.25, 0.3) is 0 Å². The molecule has 2 aromatic carbocycles. The average Bonchev–Trinajstić information content (AvgIpc) is 3.00. The molecule has 0 fully saturated rings. The van der Waals surface area contributed by atoms with Crippen molar-refractivity contribution in [2.24, 2.45) is 0 Å². The van der Waals surface area contributed by atoms with Gasteiger partial charge in [-0.05, 0) is 17.5 Å². The second-order valence-corrected chi connectivity index (χ2v) is 6.52. The molecule has 3 nitrogen and oxygen atoms in total. The zero-order valence-corrected chi connectivity index (χ0v) is 12.9. The van der Waals surface area contributed by atoms with Crippen molar-refractivity contribution in [1.82, 2.24) is 15.0 Å². The number of pyridine rings is 1. The van der Waals surface area contributed by atoms with E-state index in [2.05, 4.69) is 57.4 Å². The number of benzene rings is 2. The lowest BCUT2D eigenvalue weighted by atomic mass is 10.0. The molecule has 4 heteroatoms. The number of fused-ring (bicyclic) bond motifs is 4. The first-order valence-corrected chi connectivity index (χ1v) is 8.18. The van der Waals surface area contributed by atoms with E-state index in [1.807, 2.05) is 18.5 Å². The maximum absolute atomic E-state index is 4.67. The van der Waals surface area contributed by atoms with Crippen LogP contribution in [0.1, 0.15) is 0 Å². The van der Waals surface area contributed by atoms with Gasteiger partial charge < -0.3 is 0 Å². The Morgan fingerprint density at radius 1 is 0.783 bits per heavy atom. The number of hydrogen-bond acceptors (Lipinski definition) is 4. The molecule has 5 aromatic rings. The molecule has 0 spiro atoms. The second-order valence-electron chi connectivity index (χ2n) is 5.43. The normalized spacial score (nSPS) is 11.5. The highest BCUT2D eigenvalue weighted by Gasteiger charge is 2.12. The van der Waals surface area contributed by atoms with Gasteiger partial charge in [0.05, 0.1) is 15.9 Å². The molecule has 0 bridgehead atoms. The molecule has 0 aliphatic carbocycles. The predicted molar refractivity (Wildman–Crippen MR) is 95.7 cm³/mol. The molecule has 0 aliphatic heterocycles. The van der Waals surface area contributed by atoms with Gasteiger partial charge in [-0.1, -0.05) is 36.4 Å². The van der Waals surface area contributed by atoms with Crippen LogP contribution in [0.3, 0.4) is 0 Å². The lowest BCUT2D eigenvalue weighted by molar-refractivity contribution is 1.23. The topological polar surface area (TPSA) is 38.7 Å².